The molecular weight excluding hydrogens is 275 g/mol. The molecule has 0 aromatic heterocycles. The zero-order valence-electron chi connectivity index (χ0n) is 10.5. The van der Waals surface area contributed by atoms with Gasteiger partial charge in [-0.05, 0) is 31.0 Å². The number of alkyl halides is 3. The van der Waals surface area contributed by atoms with Gasteiger partial charge in [0.15, 0.2) is 0 Å². The molecule has 110 valence electrons. The molecular formula is C13H14F3NO3. The van der Waals surface area contributed by atoms with Gasteiger partial charge in [0, 0.05) is 18.5 Å². The van der Waals surface area contributed by atoms with Crippen molar-refractivity contribution in [2.75, 3.05) is 6.54 Å². The number of hydrogen-bond acceptors (Lipinski definition) is 2. The van der Waals surface area contributed by atoms with Gasteiger partial charge in [-0.25, -0.2) is 4.79 Å². The third kappa shape index (κ3) is 5.73. The van der Waals surface area contributed by atoms with Crippen LogP contribution in [0, 0.1) is 0 Å². The van der Waals surface area contributed by atoms with Crippen LogP contribution in [0.1, 0.15) is 40.0 Å². The highest BCUT2D eigenvalue weighted by Crippen LogP contribution is 2.21. The molecule has 0 heterocycles. The van der Waals surface area contributed by atoms with E-state index in [4.69, 9.17) is 5.11 Å². The molecule has 0 unspecified atom stereocenters. The Hall–Kier alpha value is -2.05. The Labute approximate surface area is 113 Å². The maximum atomic E-state index is 11.9. The van der Waals surface area contributed by atoms with Gasteiger partial charge in [-0.1, -0.05) is 6.07 Å². The zero-order valence-corrected chi connectivity index (χ0v) is 10.5. The maximum Gasteiger partial charge on any atom is 0.389 e. The predicted octanol–water partition coefficient (Wildman–Crippen LogP) is 2.85. The van der Waals surface area contributed by atoms with E-state index in [1.165, 1.54) is 24.3 Å². The van der Waals surface area contributed by atoms with Crippen LogP contribution >= 0.6 is 0 Å². The number of amides is 1. The molecule has 0 aliphatic rings. The summed E-state index contributed by atoms with van der Waals surface area (Å²) in [4.78, 5) is 22.4. The van der Waals surface area contributed by atoms with Gasteiger partial charge in [0.25, 0.3) is 5.91 Å². The lowest BCUT2D eigenvalue weighted by Gasteiger charge is -2.07. The molecule has 0 aliphatic carbocycles. The fourth-order valence-electron chi connectivity index (χ4n) is 1.55. The second kappa shape index (κ2) is 6.93. The van der Waals surface area contributed by atoms with E-state index in [0.29, 0.717) is 0 Å². The van der Waals surface area contributed by atoms with Crippen LogP contribution in [0.25, 0.3) is 0 Å². The Kier molecular flexibility index (Phi) is 5.54. The molecule has 0 spiro atoms. The first-order chi connectivity index (χ1) is 9.29. The summed E-state index contributed by atoms with van der Waals surface area (Å²) in [7, 11) is 0. The number of halogens is 3. The van der Waals surface area contributed by atoms with Crippen LogP contribution in [0.3, 0.4) is 0 Å². The Morgan fingerprint density at radius 3 is 2.40 bits per heavy atom. The van der Waals surface area contributed by atoms with Crippen LogP contribution in [-0.2, 0) is 0 Å². The fraction of sp³-hybridized carbons (Fsp3) is 0.385. The van der Waals surface area contributed by atoms with Crippen molar-refractivity contribution in [3.8, 4) is 0 Å². The number of carbonyl (C=O) groups excluding carboxylic acids is 1. The molecule has 1 aromatic carbocycles. The van der Waals surface area contributed by atoms with Crippen molar-refractivity contribution in [2.45, 2.75) is 25.4 Å². The summed E-state index contributed by atoms with van der Waals surface area (Å²) in [6.07, 6.45) is -4.90. The number of carbonyl (C=O) groups is 2. The van der Waals surface area contributed by atoms with Gasteiger partial charge in [0.05, 0.1) is 5.56 Å². The average Bonchev–Trinajstić information content (AvgIpc) is 2.37. The highest BCUT2D eigenvalue weighted by atomic mass is 19.4. The smallest absolute Gasteiger partial charge is 0.389 e. The summed E-state index contributed by atoms with van der Waals surface area (Å²) >= 11 is 0. The van der Waals surface area contributed by atoms with E-state index >= 15 is 0 Å². The number of carboxylic acid groups (broad SMARTS) is 1. The van der Waals surface area contributed by atoms with Crippen LogP contribution < -0.4 is 5.32 Å². The Morgan fingerprint density at radius 2 is 1.80 bits per heavy atom. The quantitative estimate of drug-likeness (QED) is 0.791. The summed E-state index contributed by atoms with van der Waals surface area (Å²) in [6, 6.07) is 5.44. The van der Waals surface area contributed by atoms with Crippen LogP contribution in [0.4, 0.5) is 13.2 Å². The maximum absolute atomic E-state index is 11.9. The molecule has 20 heavy (non-hydrogen) atoms. The molecule has 0 saturated heterocycles. The third-order valence-electron chi connectivity index (χ3n) is 2.54. The van der Waals surface area contributed by atoms with E-state index in [1.807, 2.05) is 0 Å². The summed E-state index contributed by atoms with van der Waals surface area (Å²) in [6.45, 7) is 0.117. The second-order valence-electron chi connectivity index (χ2n) is 4.21. The summed E-state index contributed by atoms with van der Waals surface area (Å²) in [5, 5.41) is 11.2. The molecule has 0 saturated carbocycles. The third-order valence-corrected chi connectivity index (χ3v) is 2.54. The number of nitrogens with one attached hydrogen (secondary N) is 1. The first kappa shape index (κ1) is 16.0. The molecule has 1 rings (SSSR count). The van der Waals surface area contributed by atoms with Crippen molar-refractivity contribution < 1.29 is 27.9 Å². The zero-order chi connectivity index (χ0) is 15.2. The van der Waals surface area contributed by atoms with Gasteiger partial charge in [0.1, 0.15) is 0 Å². The highest BCUT2D eigenvalue weighted by molar-refractivity contribution is 5.97. The van der Waals surface area contributed by atoms with E-state index in [-0.39, 0.29) is 30.5 Å². The monoisotopic (exact) mass is 289 g/mol. The number of aromatic carboxylic acids is 1. The van der Waals surface area contributed by atoms with Gasteiger partial charge in [-0.2, -0.15) is 13.2 Å². The van der Waals surface area contributed by atoms with Crippen molar-refractivity contribution in [2.24, 2.45) is 0 Å². The molecule has 0 aliphatic heterocycles. The number of unbranched alkanes of at least 4 members (excludes halogenated alkanes) is 1. The van der Waals surface area contributed by atoms with E-state index < -0.39 is 24.5 Å². The fourth-order valence-corrected chi connectivity index (χ4v) is 1.55. The van der Waals surface area contributed by atoms with Crippen LogP contribution in [0.2, 0.25) is 0 Å². The van der Waals surface area contributed by atoms with E-state index in [1.54, 1.807) is 0 Å². The second-order valence-corrected chi connectivity index (χ2v) is 4.21. The largest absolute Gasteiger partial charge is 0.478 e. The van der Waals surface area contributed by atoms with Gasteiger partial charge >= 0.3 is 12.1 Å². The van der Waals surface area contributed by atoms with E-state index in [9.17, 15) is 22.8 Å². The Morgan fingerprint density at radius 1 is 1.15 bits per heavy atom. The van der Waals surface area contributed by atoms with Crippen molar-refractivity contribution in [1.82, 2.24) is 5.32 Å². The van der Waals surface area contributed by atoms with Crippen molar-refractivity contribution in [3.63, 3.8) is 0 Å². The van der Waals surface area contributed by atoms with Gasteiger partial charge in [-0.3, -0.25) is 4.79 Å². The minimum Gasteiger partial charge on any atom is -0.478 e. The molecule has 0 bridgehead atoms. The van der Waals surface area contributed by atoms with Crippen molar-refractivity contribution in [1.29, 1.82) is 0 Å². The minimum atomic E-state index is -4.18. The Balaban J connectivity index is 2.40. The first-order valence-corrected chi connectivity index (χ1v) is 5.98. The summed E-state index contributed by atoms with van der Waals surface area (Å²) in [5.41, 5.74) is 0.149. The van der Waals surface area contributed by atoms with Crippen LogP contribution in [0.15, 0.2) is 24.3 Å². The molecule has 4 nitrogen and oxygen atoms in total. The lowest BCUT2D eigenvalue weighted by atomic mass is 10.1. The molecule has 0 fully saturated rings. The van der Waals surface area contributed by atoms with Crippen molar-refractivity contribution in [3.05, 3.63) is 35.4 Å². The average molecular weight is 289 g/mol. The molecule has 1 amide bonds. The molecule has 7 heteroatoms. The van der Waals surface area contributed by atoms with Crippen LogP contribution in [-0.4, -0.2) is 29.7 Å². The standard InChI is InChI=1S/C13H14F3NO3/c14-13(15,16)6-1-2-7-17-11(18)9-4-3-5-10(8-9)12(19)20/h3-5,8H,1-2,6-7H2,(H,17,18)(H,19,20). The van der Waals surface area contributed by atoms with Gasteiger partial charge in [0.2, 0.25) is 0 Å². The SMILES string of the molecule is O=C(O)c1cccc(C(=O)NCCCCC(F)(F)F)c1. The molecule has 0 radical (unpaired) electrons. The number of rotatable bonds is 6. The Bertz CT molecular complexity index is 486. The predicted molar refractivity (Wildman–Crippen MR) is 65.6 cm³/mol. The van der Waals surface area contributed by atoms with E-state index in [2.05, 4.69) is 5.32 Å². The molecule has 2 N–H and O–H groups in total. The van der Waals surface area contributed by atoms with Gasteiger partial charge in [-0.15, -0.1) is 0 Å². The van der Waals surface area contributed by atoms with Crippen LogP contribution in [0.5, 0.6) is 0 Å². The normalized spacial score (nSPS) is 11.2. The first-order valence-electron chi connectivity index (χ1n) is 5.98. The lowest BCUT2D eigenvalue weighted by Crippen LogP contribution is -2.25. The van der Waals surface area contributed by atoms with Gasteiger partial charge < -0.3 is 10.4 Å². The topological polar surface area (TPSA) is 66.4 Å². The number of benzene rings is 1. The lowest BCUT2D eigenvalue weighted by molar-refractivity contribution is -0.135. The molecule has 1 aromatic rings. The summed E-state index contributed by atoms with van der Waals surface area (Å²) < 4.78 is 35.7. The van der Waals surface area contributed by atoms with Crippen molar-refractivity contribution >= 4 is 11.9 Å². The summed E-state index contributed by atoms with van der Waals surface area (Å²) in [5.74, 6) is -1.65. The van der Waals surface area contributed by atoms with E-state index in [0.717, 1.165) is 0 Å². The minimum absolute atomic E-state index is 0.0188. The highest BCUT2D eigenvalue weighted by Gasteiger charge is 2.25. The number of hydrogen-bond donors (Lipinski definition) is 2. The number of carboxylic acids is 1. The molecule has 0 atom stereocenters.